The lowest BCUT2D eigenvalue weighted by molar-refractivity contribution is -0.116. The first-order valence-corrected chi connectivity index (χ1v) is 11.5. The summed E-state index contributed by atoms with van der Waals surface area (Å²) in [5.41, 5.74) is 5.25. The second kappa shape index (κ2) is 8.34. The number of ether oxygens (including phenoxy) is 4. The van der Waals surface area contributed by atoms with Crippen LogP contribution < -0.4 is 24.3 Å². The standard InChI is InChI=1S/C28H24FNO5/c1-32-23-8-5-16(11-24(23)33-2)17-9-21-28(22(31)10-17)27(15-3-6-18(29)7-4-15)19-12-25-26(35-14-34-25)13-20(19)30-21/h3-8,11-13,17,27,30H,9-10,14H2,1-2H3/t17-,27+/m0/s1. The van der Waals surface area contributed by atoms with Gasteiger partial charge in [-0.3, -0.25) is 4.79 Å². The third kappa shape index (κ3) is 3.58. The summed E-state index contributed by atoms with van der Waals surface area (Å²) in [6, 6.07) is 16.0. The van der Waals surface area contributed by atoms with Crippen molar-refractivity contribution in [3.05, 3.63) is 88.4 Å². The molecule has 6 nitrogen and oxygen atoms in total. The Bertz CT molecular complexity index is 1360. The van der Waals surface area contributed by atoms with E-state index in [1.54, 1.807) is 26.4 Å². The zero-order chi connectivity index (χ0) is 24.1. The van der Waals surface area contributed by atoms with Crippen molar-refractivity contribution < 1.29 is 28.1 Å². The van der Waals surface area contributed by atoms with Gasteiger partial charge in [0.2, 0.25) is 6.79 Å². The first-order chi connectivity index (χ1) is 17.1. The van der Waals surface area contributed by atoms with E-state index in [2.05, 4.69) is 5.32 Å². The van der Waals surface area contributed by atoms with Crippen LogP contribution in [0.2, 0.25) is 0 Å². The van der Waals surface area contributed by atoms with Gasteiger partial charge in [0.15, 0.2) is 28.8 Å². The van der Waals surface area contributed by atoms with Crippen LogP contribution in [0.1, 0.15) is 41.4 Å². The van der Waals surface area contributed by atoms with E-state index < -0.39 is 0 Å². The van der Waals surface area contributed by atoms with Gasteiger partial charge in [0.1, 0.15) is 5.82 Å². The molecule has 2 heterocycles. The molecule has 0 aromatic heterocycles. The minimum Gasteiger partial charge on any atom is -0.493 e. The number of carbonyl (C=O) groups is 1. The first-order valence-electron chi connectivity index (χ1n) is 11.5. The van der Waals surface area contributed by atoms with Gasteiger partial charge in [-0.1, -0.05) is 18.2 Å². The molecule has 0 radical (unpaired) electrons. The van der Waals surface area contributed by atoms with Crippen LogP contribution in [0.15, 0.2) is 65.9 Å². The van der Waals surface area contributed by atoms with Crippen LogP contribution in [0, 0.1) is 5.82 Å². The van der Waals surface area contributed by atoms with Crippen molar-refractivity contribution in [2.45, 2.75) is 24.7 Å². The number of allylic oxidation sites excluding steroid dienone is 2. The highest BCUT2D eigenvalue weighted by atomic mass is 19.1. The third-order valence-corrected chi connectivity index (χ3v) is 7.02. The quantitative estimate of drug-likeness (QED) is 0.538. The maximum absolute atomic E-state index is 13.7. The lowest BCUT2D eigenvalue weighted by Crippen LogP contribution is -2.29. The summed E-state index contributed by atoms with van der Waals surface area (Å²) in [6.45, 7) is 0.160. The molecule has 178 valence electrons. The van der Waals surface area contributed by atoms with Crippen molar-refractivity contribution in [2.24, 2.45) is 0 Å². The highest BCUT2D eigenvalue weighted by Gasteiger charge is 2.39. The SMILES string of the molecule is COc1ccc([C@@H]2CC(=O)C3=C(C2)Nc2cc4c(cc2[C@H]3c2ccc(F)cc2)OCO4)cc1OC. The number of fused-ring (bicyclic) bond motifs is 2. The molecule has 0 saturated heterocycles. The fourth-order valence-electron chi connectivity index (χ4n) is 5.35. The van der Waals surface area contributed by atoms with E-state index >= 15 is 0 Å². The highest BCUT2D eigenvalue weighted by molar-refractivity contribution is 6.02. The Morgan fingerprint density at radius 1 is 0.886 bits per heavy atom. The van der Waals surface area contributed by atoms with Crippen molar-refractivity contribution >= 4 is 11.5 Å². The predicted molar refractivity (Wildman–Crippen MR) is 128 cm³/mol. The minimum atomic E-state index is -0.324. The van der Waals surface area contributed by atoms with Gasteiger partial charge in [-0.2, -0.15) is 0 Å². The number of hydrogen-bond acceptors (Lipinski definition) is 6. The molecule has 2 aliphatic heterocycles. The van der Waals surface area contributed by atoms with Crippen LogP contribution >= 0.6 is 0 Å². The fraction of sp³-hybridized carbons (Fsp3) is 0.250. The van der Waals surface area contributed by atoms with Gasteiger partial charge in [-0.15, -0.1) is 0 Å². The lowest BCUT2D eigenvalue weighted by atomic mass is 9.72. The Hall–Kier alpha value is -4.00. The summed E-state index contributed by atoms with van der Waals surface area (Å²) in [5.74, 6) is 2.01. The van der Waals surface area contributed by atoms with Crippen LogP contribution in [-0.4, -0.2) is 26.8 Å². The summed E-state index contributed by atoms with van der Waals surface area (Å²) >= 11 is 0. The van der Waals surface area contributed by atoms with Crippen LogP contribution in [-0.2, 0) is 4.79 Å². The molecule has 3 aromatic carbocycles. The van der Waals surface area contributed by atoms with E-state index in [9.17, 15) is 9.18 Å². The zero-order valence-electron chi connectivity index (χ0n) is 19.4. The molecule has 35 heavy (non-hydrogen) atoms. The normalized spacial score (nSPS) is 20.1. The minimum absolute atomic E-state index is 0.0158. The second-order valence-corrected chi connectivity index (χ2v) is 8.94. The van der Waals surface area contributed by atoms with Crippen LogP contribution in [0.3, 0.4) is 0 Å². The monoisotopic (exact) mass is 473 g/mol. The van der Waals surface area contributed by atoms with Crippen molar-refractivity contribution in [2.75, 3.05) is 26.3 Å². The Kier molecular flexibility index (Phi) is 5.13. The maximum Gasteiger partial charge on any atom is 0.231 e. The molecular formula is C28H24FNO5. The molecule has 3 aliphatic rings. The van der Waals surface area contributed by atoms with Gasteiger partial charge in [-0.25, -0.2) is 4.39 Å². The molecule has 0 fully saturated rings. The molecule has 3 aromatic rings. The summed E-state index contributed by atoms with van der Waals surface area (Å²) in [4.78, 5) is 13.7. The van der Waals surface area contributed by atoms with Gasteiger partial charge in [-0.05, 0) is 59.4 Å². The number of carbonyl (C=O) groups excluding carboxylic acids is 1. The number of anilines is 1. The number of rotatable bonds is 4. The molecule has 0 unspecified atom stereocenters. The van der Waals surface area contributed by atoms with E-state index in [1.165, 1.54) is 12.1 Å². The number of benzene rings is 3. The Balaban J connectivity index is 1.44. The van der Waals surface area contributed by atoms with Gasteiger partial charge in [0.25, 0.3) is 0 Å². The largest absolute Gasteiger partial charge is 0.493 e. The topological polar surface area (TPSA) is 66.0 Å². The maximum atomic E-state index is 13.7. The summed E-state index contributed by atoms with van der Waals surface area (Å²) in [6.07, 6.45) is 1.02. The third-order valence-electron chi connectivity index (χ3n) is 7.02. The Morgan fingerprint density at radius 2 is 1.60 bits per heavy atom. The van der Waals surface area contributed by atoms with Crippen molar-refractivity contribution in [1.82, 2.24) is 0 Å². The molecule has 6 rings (SSSR count). The molecule has 0 bridgehead atoms. The zero-order valence-corrected chi connectivity index (χ0v) is 19.4. The van der Waals surface area contributed by atoms with E-state index in [1.807, 2.05) is 30.3 Å². The number of ketones is 1. The number of Topliss-reactive ketones (excluding diaryl/α,β-unsaturated/α-hetero) is 1. The molecule has 0 saturated carbocycles. The predicted octanol–water partition coefficient (Wildman–Crippen LogP) is 5.53. The Morgan fingerprint density at radius 3 is 2.34 bits per heavy atom. The molecule has 1 N–H and O–H groups in total. The average Bonchev–Trinajstić information content (AvgIpc) is 3.33. The van der Waals surface area contributed by atoms with Crippen molar-refractivity contribution in [1.29, 1.82) is 0 Å². The van der Waals surface area contributed by atoms with E-state index in [0.717, 1.165) is 33.6 Å². The molecule has 0 amide bonds. The van der Waals surface area contributed by atoms with E-state index in [0.29, 0.717) is 35.8 Å². The number of methoxy groups -OCH3 is 2. The van der Waals surface area contributed by atoms with Crippen LogP contribution in [0.5, 0.6) is 23.0 Å². The first kappa shape index (κ1) is 21.5. The smallest absolute Gasteiger partial charge is 0.231 e. The van der Waals surface area contributed by atoms with Gasteiger partial charge in [0.05, 0.1) is 14.2 Å². The van der Waals surface area contributed by atoms with Crippen LogP contribution in [0.25, 0.3) is 0 Å². The molecule has 1 aliphatic carbocycles. The number of nitrogens with one attached hydrogen (secondary N) is 1. The van der Waals surface area contributed by atoms with E-state index in [4.69, 9.17) is 18.9 Å². The summed E-state index contributed by atoms with van der Waals surface area (Å²) in [5, 5.41) is 3.51. The van der Waals surface area contributed by atoms with Gasteiger partial charge >= 0.3 is 0 Å². The number of hydrogen-bond donors (Lipinski definition) is 1. The van der Waals surface area contributed by atoms with Gasteiger partial charge < -0.3 is 24.3 Å². The van der Waals surface area contributed by atoms with Gasteiger partial charge in [0, 0.05) is 35.4 Å². The van der Waals surface area contributed by atoms with Crippen molar-refractivity contribution in [3.8, 4) is 23.0 Å². The summed E-state index contributed by atoms with van der Waals surface area (Å²) in [7, 11) is 3.20. The molecule has 0 spiro atoms. The molecule has 2 atom stereocenters. The highest BCUT2D eigenvalue weighted by Crippen LogP contribution is 2.51. The summed E-state index contributed by atoms with van der Waals surface area (Å²) < 4.78 is 35.8. The lowest BCUT2D eigenvalue weighted by Gasteiger charge is -2.37. The average molecular weight is 474 g/mol. The van der Waals surface area contributed by atoms with Crippen LogP contribution in [0.4, 0.5) is 10.1 Å². The second-order valence-electron chi connectivity index (χ2n) is 8.94. The number of halogens is 1. The fourth-order valence-corrected chi connectivity index (χ4v) is 5.35. The molecule has 7 heteroatoms. The van der Waals surface area contributed by atoms with Crippen molar-refractivity contribution in [3.63, 3.8) is 0 Å². The Labute approximate surface area is 202 Å². The van der Waals surface area contributed by atoms with E-state index in [-0.39, 0.29) is 30.2 Å². The molecular weight excluding hydrogens is 449 g/mol.